The molecule has 0 amide bonds. The normalized spacial score (nSPS) is 11.6. The molecule has 2 aromatic rings. The summed E-state index contributed by atoms with van der Waals surface area (Å²) in [6.07, 6.45) is 3.10. The number of nitrogens with zero attached hydrogens (tertiary/aromatic N) is 3. The van der Waals surface area contributed by atoms with Gasteiger partial charge in [0.1, 0.15) is 6.20 Å². The summed E-state index contributed by atoms with van der Waals surface area (Å²) in [5, 5.41) is 10.7. The van der Waals surface area contributed by atoms with E-state index >= 15 is 0 Å². The molecule has 5 heteroatoms. The van der Waals surface area contributed by atoms with E-state index in [2.05, 4.69) is 4.98 Å². The van der Waals surface area contributed by atoms with E-state index in [1.165, 1.54) is 10.8 Å². The Bertz CT molecular complexity index is 600. The zero-order chi connectivity index (χ0) is 13.1. The second-order valence-electron chi connectivity index (χ2n) is 3.98. The predicted octanol–water partition coefficient (Wildman–Crippen LogP) is 2.89. The minimum Gasteiger partial charge on any atom is -0.358 e. The largest absolute Gasteiger partial charge is 0.358 e. The van der Waals surface area contributed by atoms with Crippen molar-refractivity contribution in [3.8, 4) is 0 Å². The van der Waals surface area contributed by atoms with Gasteiger partial charge in [0.25, 0.3) is 0 Å². The number of hydrogen-bond acceptors (Lipinski definition) is 3. The minimum atomic E-state index is -0.442. The number of rotatable bonds is 3. The summed E-state index contributed by atoms with van der Waals surface area (Å²) in [4.78, 5) is 14.3. The second kappa shape index (κ2) is 4.83. The van der Waals surface area contributed by atoms with E-state index in [0.29, 0.717) is 5.82 Å². The SMILES string of the molecule is C/C(=C/c1ncc([N+](=O)[O-])n1C)c1ccccc1. The topological polar surface area (TPSA) is 61.0 Å². The molecule has 0 bridgehead atoms. The van der Waals surface area contributed by atoms with Crippen LogP contribution in [0.5, 0.6) is 0 Å². The summed E-state index contributed by atoms with van der Waals surface area (Å²) in [5.41, 5.74) is 2.09. The number of benzene rings is 1. The molecular formula is C13H13N3O2. The Morgan fingerprint density at radius 2 is 2.06 bits per heavy atom. The van der Waals surface area contributed by atoms with Crippen LogP contribution >= 0.6 is 0 Å². The third-order valence-corrected chi connectivity index (χ3v) is 2.76. The van der Waals surface area contributed by atoms with Crippen molar-refractivity contribution >= 4 is 17.5 Å². The Hall–Kier alpha value is -2.43. The highest BCUT2D eigenvalue weighted by Crippen LogP contribution is 2.19. The molecule has 0 spiro atoms. The van der Waals surface area contributed by atoms with E-state index in [4.69, 9.17) is 0 Å². The van der Waals surface area contributed by atoms with Crippen molar-refractivity contribution in [2.24, 2.45) is 7.05 Å². The van der Waals surface area contributed by atoms with Gasteiger partial charge in [-0.25, -0.2) is 9.55 Å². The zero-order valence-electron chi connectivity index (χ0n) is 10.2. The van der Waals surface area contributed by atoms with Gasteiger partial charge in [-0.15, -0.1) is 0 Å². The van der Waals surface area contributed by atoms with E-state index in [-0.39, 0.29) is 5.82 Å². The Balaban J connectivity index is 2.37. The van der Waals surface area contributed by atoms with Crippen molar-refractivity contribution < 1.29 is 4.92 Å². The van der Waals surface area contributed by atoms with Crippen molar-refractivity contribution in [1.29, 1.82) is 0 Å². The lowest BCUT2D eigenvalue weighted by Crippen LogP contribution is -1.98. The number of nitro groups is 1. The molecule has 0 unspecified atom stereocenters. The van der Waals surface area contributed by atoms with Gasteiger partial charge < -0.3 is 10.1 Å². The third-order valence-electron chi connectivity index (χ3n) is 2.76. The molecule has 92 valence electrons. The van der Waals surface area contributed by atoms with Crippen molar-refractivity contribution in [2.45, 2.75) is 6.92 Å². The fourth-order valence-corrected chi connectivity index (χ4v) is 1.70. The van der Waals surface area contributed by atoms with Crippen LogP contribution in [0.4, 0.5) is 5.82 Å². The third kappa shape index (κ3) is 2.29. The van der Waals surface area contributed by atoms with E-state index < -0.39 is 4.92 Å². The monoisotopic (exact) mass is 243 g/mol. The predicted molar refractivity (Wildman–Crippen MR) is 69.8 cm³/mol. The Morgan fingerprint density at radius 1 is 1.39 bits per heavy atom. The molecule has 0 fully saturated rings. The van der Waals surface area contributed by atoms with Gasteiger partial charge in [0.2, 0.25) is 5.82 Å². The van der Waals surface area contributed by atoms with Crippen LogP contribution in [0, 0.1) is 10.1 Å². The van der Waals surface area contributed by atoms with Crippen LogP contribution in [0.2, 0.25) is 0 Å². The van der Waals surface area contributed by atoms with Crippen LogP contribution < -0.4 is 0 Å². The molecular weight excluding hydrogens is 230 g/mol. The summed E-state index contributed by atoms with van der Waals surface area (Å²) >= 11 is 0. The van der Waals surface area contributed by atoms with Crippen LogP contribution in [0.15, 0.2) is 36.5 Å². The highest BCUT2D eigenvalue weighted by Gasteiger charge is 2.14. The maximum absolute atomic E-state index is 10.7. The molecule has 0 saturated heterocycles. The molecule has 5 nitrogen and oxygen atoms in total. The second-order valence-corrected chi connectivity index (χ2v) is 3.98. The molecule has 0 aliphatic carbocycles. The first-order valence-corrected chi connectivity index (χ1v) is 5.49. The van der Waals surface area contributed by atoms with E-state index in [1.807, 2.05) is 43.3 Å². The van der Waals surface area contributed by atoms with Crippen molar-refractivity contribution in [3.63, 3.8) is 0 Å². The highest BCUT2D eigenvalue weighted by molar-refractivity contribution is 5.78. The molecule has 0 aliphatic heterocycles. The number of imidazole rings is 1. The van der Waals surface area contributed by atoms with Crippen molar-refractivity contribution in [2.75, 3.05) is 0 Å². The smallest absolute Gasteiger partial charge is 0.342 e. The molecule has 2 rings (SSSR count). The lowest BCUT2D eigenvalue weighted by atomic mass is 10.1. The van der Waals surface area contributed by atoms with Gasteiger partial charge >= 0.3 is 5.82 Å². The van der Waals surface area contributed by atoms with Crippen molar-refractivity contribution in [1.82, 2.24) is 9.55 Å². The van der Waals surface area contributed by atoms with Gasteiger partial charge in [0.15, 0.2) is 0 Å². The fourth-order valence-electron chi connectivity index (χ4n) is 1.70. The molecule has 1 aromatic carbocycles. The van der Waals surface area contributed by atoms with Gasteiger partial charge in [-0.3, -0.25) is 0 Å². The van der Waals surface area contributed by atoms with Crippen LogP contribution in [0.3, 0.4) is 0 Å². The highest BCUT2D eigenvalue weighted by atomic mass is 16.6. The average Bonchev–Trinajstić information content (AvgIpc) is 2.72. The summed E-state index contributed by atoms with van der Waals surface area (Å²) in [5.74, 6) is 0.560. The average molecular weight is 243 g/mol. The standard InChI is InChI=1S/C13H13N3O2/c1-10(11-6-4-3-5-7-11)8-12-14-9-13(15(12)2)16(17)18/h3-9H,1-2H3/b10-8-. The Kier molecular flexibility index (Phi) is 3.23. The number of hydrogen-bond donors (Lipinski definition) is 0. The molecule has 0 aliphatic rings. The quantitative estimate of drug-likeness (QED) is 0.615. The molecule has 18 heavy (non-hydrogen) atoms. The van der Waals surface area contributed by atoms with Gasteiger partial charge in [0, 0.05) is 6.08 Å². The molecule has 1 aromatic heterocycles. The molecule has 0 atom stereocenters. The first-order chi connectivity index (χ1) is 8.59. The Morgan fingerprint density at radius 3 is 2.61 bits per heavy atom. The van der Waals surface area contributed by atoms with E-state index in [0.717, 1.165) is 11.1 Å². The Labute approximate surface area is 105 Å². The lowest BCUT2D eigenvalue weighted by molar-refractivity contribution is -0.391. The van der Waals surface area contributed by atoms with Crippen LogP contribution in [-0.4, -0.2) is 14.5 Å². The maximum atomic E-state index is 10.7. The van der Waals surface area contributed by atoms with Crippen LogP contribution in [0.1, 0.15) is 18.3 Å². The van der Waals surface area contributed by atoms with Gasteiger partial charge in [-0.2, -0.15) is 0 Å². The van der Waals surface area contributed by atoms with Gasteiger partial charge in [-0.1, -0.05) is 30.3 Å². The summed E-state index contributed by atoms with van der Waals surface area (Å²) < 4.78 is 1.46. The molecule has 0 N–H and O–H groups in total. The van der Waals surface area contributed by atoms with Crippen LogP contribution in [0.25, 0.3) is 11.6 Å². The maximum Gasteiger partial charge on any atom is 0.342 e. The first kappa shape index (κ1) is 12.0. The van der Waals surface area contributed by atoms with Gasteiger partial charge in [-0.05, 0) is 23.0 Å². The van der Waals surface area contributed by atoms with Crippen LogP contribution in [-0.2, 0) is 7.05 Å². The van der Waals surface area contributed by atoms with E-state index in [1.54, 1.807) is 7.05 Å². The van der Waals surface area contributed by atoms with Crippen molar-refractivity contribution in [3.05, 3.63) is 58.0 Å². The number of allylic oxidation sites excluding steroid dienone is 1. The summed E-state index contributed by atoms with van der Waals surface area (Å²) in [6, 6.07) is 9.83. The minimum absolute atomic E-state index is 0.0119. The molecule has 1 heterocycles. The fraction of sp³-hybridized carbons (Fsp3) is 0.154. The first-order valence-electron chi connectivity index (χ1n) is 5.49. The molecule has 0 saturated carbocycles. The molecule has 0 radical (unpaired) electrons. The van der Waals surface area contributed by atoms with Gasteiger partial charge in [0.05, 0.1) is 7.05 Å². The zero-order valence-corrected chi connectivity index (χ0v) is 10.2. The number of aromatic nitrogens is 2. The summed E-state index contributed by atoms with van der Waals surface area (Å²) in [6.45, 7) is 1.95. The lowest BCUT2D eigenvalue weighted by Gasteiger charge is -2.00. The summed E-state index contributed by atoms with van der Waals surface area (Å²) in [7, 11) is 1.63. The van der Waals surface area contributed by atoms with E-state index in [9.17, 15) is 10.1 Å².